The van der Waals surface area contributed by atoms with Gasteiger partial charge < -0.3 is 10.4 Å². The second-order valence-electron chi connectivity index (χ2n) is 8.49. The summed E-state index contributed by atoms with van der Waals surface area (Å²) in [5.41, 5.74) is 1.22. The van der Waals surface area contributed by atoms with Crippen molar-refractivity contribution in [3.63, 3.8) is 0 Å². The molecule has 2 atom stereocenters. The first-order valence-electron chi connectivity index (χ1n) is 10.4. The predicted octanol–water partition coefficient (Wildman–Crippen LogP) is 1.87. The van der Waals surface area contributed by atoms with Crippen LogP contribution in [0.25, 0.3) is 5.52 Å². The Hall–Kier alpha value is -1.78. The number of halogens is 1. The van der Waals surface area contributed by atoms with E-state index in [0.29, 0.717) is 43.2 Å². The highest BCUT2D eigenvalue weighted by Crippen LogP contribution is 2.36. The second-order valence-corrected chi connectivity index (χ2v) is 10.7. The second kappa shape index (κ2) is 7.17. The van der Waals surface area contributed by atoms with Crippen LogP contribution in [0.1, 0.15) is 56.6 Å². The number of sulfonamides is 1. The van der Waals surface area contributed by atoms with Crippen molar-refractivity contribution in [2.24, 2.45) is 0 Å². The minimum Gasteiger partial charge on any atom is -0.390 e. The third-order valence-corrected chi connectivity index (χ3v) is 8.80. The number of piperidine rings is 1. The van der Waals surface area contributed by atoms with E-state index < -0.39 is 16.1 Å². The first-order valence-corrected chi connectivity index (χ1v) is 11.9. The Bertz CT molecular complexity index is 1020. The van der Waals surface area contributed by atoms with Crippen LogP contribution in [0.5, 0.6) is 0 Å². The minimum absolute atomic E-state index is 0.0736. The molecule has 10 heteroatoms. The zero-order chi connectivity index (χ0) is 20.2. The van der Waals surface area contributed by atoms with Crippen LogP contribution in [0.3, 0.4) is 0 Å². The smallest absolute Gasteiger partial charge is 0.241 e. The van der Waals surface area contributed by atoms with Gasteiger partial charge in [-0.05, 0) is 38.2 Å². The molecule has 5 rings (SSSR count). The van der Waals surface area contributed by atoms with Gasteiger partial charge in [0.15, 0.2) is 5.82 Å². The lowest BCUT2D eigenvalue weighted by Crippen LogP contribution is -2.52. The Labute approximate surface area is 169 Å². The third-order valence-electron chi connectivity index (χ3n) is 6.43. The largest absolute Gasteiger partial charge is 0.390 e. The van der Waals surface area contributed by atoms with Crippen molar-refractivity contribution in [3.05, 3.63) is 23.8 Å². The molecule has 0 bridgehead atoms. The Morgan fingerprint density at radius 2 is 1.93 bits per heavy atom. The molecular weight excluding hydrogens is 397 g/mol. The van der Waals surface area contributed by atoms with Gasteiger partial charge in [0.2, 0.25) is 16.0 Å². The average Bonchev–Trinajstić information content (AvgIpc) is 3.34. The molecule has 3 fully saturated rings. The molecular formula is C19H26FN5O3S. The number of anilines is 1. The highest BCUT2D eigenvalue weighted by Gasteiger charge is 2.43. The highest BCUT2D eigenvalue weighted by molar-refractivity contribution is 7.90. The van der Waals surface area contributed by atoms with E-state index in [0.717, 1.165) is 31.4 Å². The molecule has 158 valence electrons. The first kappa shape index (κ1) is 19.2. The summed E-state index contributed by atoms with van der Waals surface area (Å²) in [6, 6.07) is 1.20. The summed E-state index contributed by atoms with van der Waals surface area (Å²) < 4.78 is 42.1. The minimum atomic E-state index is -3.29. The molecule has 29 heavy (non-hydrogen) atoms. The van der Waals surface area contributed by atoms with Gasteiger partial charge in [-0.15, -0.1) is 5.10 Å². The molecule has 2 N–H and O–H groups in total. The van der Waals surface area contributed by atoms with Crippen LogP contribution in [-0.4, -0.2) is 62.9 Å². The molecule has 2 saturated carbocycles. The molecule has 3 aliphatic rings. The molecule has 1 aliphatic heterocycles. The van der Waals surface area contributed by atoms with Gasteiger partial charge in [-0.25, -0.2) is 22.3 Å². The molecule has 0 unspecified atom stereocenters. The average molecular weight is 424 g/mol. The Morgan fingerprint density at radius 1 is 1.17 bits per heavy atom. The molecule has 3 heterocycles. The van der Waals surface area contributed by atoms with Crippen LogP contribution in [0.4, 0.5) is 10.3 Å². The normalized spacial score (nSPS) is 27.0. The van der Waals surface area contributed by atoms with Crippen LogP contribution >= 0.6 is 0 Å². The van der Waals surface area contributed by atoms with E-state index in [1.807, 2.05) is 0 Å². The van der Waals surface area contributed by atoms with E-state index >= 15 is 0 Å². The Kier molecular flexibility index (Phi) is 4.75. The van der Waals surface area contributed by atoms with Crippen molar-refractivity contribution in [2.75, 3.05) is 18.4 Å². The summed E-state index contributed by atoms with van der Waals surface area (Å²) in [5, 5.41) is 17.9. The quantitative estimate of drug-likeness (QED) is 0.762. The molecule has 0 radical (unpaired) electrons. The summed E-state index contributed by atoms with van der Waals surface area (Å²) in [5.74, 6) is 0.295. The molecule has 0 amide bonds. The van der Waals surface area contributed by atoms with E-state index in [1.54, 1.807) is 10.6 Å². The van der Waals surface area contributed by atoms with Crippen LogP contribution < -0.4 is 5.32 Å². The van der Waals surface area contributed by atoms with Crippen LogP contribution in [0.15, 0.2) is 12.3 Å². The molecule has 2 aromatic rings. The molecule has 2 aromatic heterocycles. The van der Waals surface area contributed by atoms with E-state index in [4.69, 9.17) is 0 Å². The van der Waals surface area contributed by atoms with Gasteiger partial charge in [-0.3, -0.25) is 0 Å². The monoisotopic (exact) mass is 423 g/mol. The maximum atomic E-state index is 14.3. The SMILES string of the molecule is O=S(=O)(C1CC1)N1CC[C@@H](Nc2ncc3c(F)cc(C4CCCC4)n3n2)[C@H](O)C1. The van der Waals surface area contributed by atoms with Crippen LogP contribution in [0.2, 0.25) is 0 Å². The van der Waals surface area contributed by atoms with E-state index in [9.17, 15) is 17.9 Å². The summed E-state index contributed by atoms with van der Waals surface area (Å²) >= 11 is 0. The van der Waals surface area contributed by atoms with Crippen LogP contribution in [-0.2, 0) is 10.0 Å². The van der Waals surface area contributed by atoms with E-state index in [2.05, 4.69) is 15.4 Å². The van der Waals surface area contributed by atoms with Gasteiger partial charge >= 0.3 is 0 Å². The van der Waals surface area contributed by atoms with Gasteiger partial charge in [0.05, 0.1) is 23.6 Å². The highest BCUT2D eigenvalue weighted by atomic mass is 32.2. The number of nitrogens with one attached hydrogen (secondary N) is 1. The topological polar surface area (TPSA) is 99.8 Å². The summed E-state index contributed by atoms with van der Waals surface area (Å²) in [4.78, 5) is 4.22. The zero-order valence-corrected chi connectivity index (χ0v) is 17.0. The summed E-state index contributed by atoms with van der Waals surface area (Å²) in [6.07, 6.45) is 6.84. The number of aromatic nitrogens is 3. The number of aliphatic hydroxyl groups excluding tert-OH is 1. The zero-order valence-electron chi connectivity index (χ0n) is 16.2. The van der Waals surface area contributed by atoms with Gasteiger partial charge in [-0.1, -0.05) is 12.8 Å². The van der Waals surface area contributed by atoms with Gasteiger partial charge in [0.1, 0.15) is 5.52 Å². The van der Waals surface area contributed by atoms with E-state index in [-0.39, 0.29) is 23.7 Å². The van der Waals surface area contributed by atoms with Crippen molar-refractivity contribution >= 4 is 21.5 Å². The van der Waals surface area contributed by atoms with Gasteiger partial charge in [0.25, 0.3) is 0 Å². The molecule has 0 spiro atoms. The molecule has 1 saturated heterocycles. The lowest BCUT2D eigenvalue weighted by atomic mass is 10.0. The van der Waals surface area contributed by atoms with Crippen molar-refractivity contribution in [3.8, 4) is 0 Å². The number of aliphatic hydroxyl groups is 1. The number of hydrogen-bond donors (Lipinski definition) is 2. The summed E-state index contributed by atoms with van der Waals surface area (Å²) in [6.45, 7) is 0.436. The number of fused-ring (bicyclic) bond motifs is 1. The van der Waals surface area contributed by atoms with Crippen molar-refractivity contribution < 1.29 is 17.9 Å². The standard InChI is InChI=1S/C19H26FN5O3S/c20-14-9-16(12-3-1-2-4-12)25-17(14)10-21-19(23-25)22-15-7-8-24(11-18(15)26)29(27,28)13-5-6-13/h9-10,12-13,15,18,26H,1-8,11H2,(H,22,23)/t15-,18-/m1/s1. The molecule has 2 aliphatic carbocycles. The van der Waals surface area contributed by atoms with Crippen molar-refractivity contribution in [1.29, 1.82) is 0 Å². The maximum absolute atomic E-state index is 14.3. The lowest BCUT2D eigenvalue weighted by Gasteiger charge is -2.35. The van der Waals surface area contributed by atoms with Gasteiger partial charge in [0, 0.05) is 24.7 Å². The van der Waals surface area contributed by atoms with E-state index in [1.165, 1.54) is 10.5 Å². The van der Waals surface area contributed by atoms with Gasteiger partial charge in [-0.2, -0.15) is 4.31 Å². The summed E-state index contributed by atoms with van der Waals surface area (Å²) in [7, 11) is -3.29. The number of β-amino-alcohol motifs (C(OH)–C–C–N with tert-alkyl or cyclic N) is 1. The lowest BCUT2D eigenvalue weighted by molar-refractivity contribution is 0.0946. The fourth-order valence-electron chi connectivity index (χ4n) is 4.60. The maximum Gasteiger partial charge on any atom is 0.241 e. The Morgan fingerprint density at radius 3 is 2.62 bits per heavy atom. The first-order chi connectivity index (χ1) is 13.9. The number of rotatable bonds is 5. The molecule has 0 aromatic carbocycles. The Balaban J connectivity index is 1.33. The fourth-order valence-corrected chi connectivity index (χ4v) is 6.47. The van der Waals surface area contributed by atoms with Crippen molar-refractivity contribution in [1.82, 2.24) is 18.9 Å². The number of hydrogen-bond acceptors (Lipinski definition) is 6. The fraction of sp³-hybridized carbons (Fsp3) is 0.684. The van der Waals surface area contributed by atoms with Crippen molar-refractivity contribution in [2.45, 2.75) is 68.3 Å². The molecule has 8 nitrogen and oxygen atoms in total. The third kappa shape index (κ3) is 3.51. The van der Waals surface area contributed by atoms with Crippen LogP contribution in [0, 0.1) is 5.82 Å². The predicted molar refractivity (Wildman–Crippen MR) is 106 cm³/mol. The number of nitrogens with zero attached hydrogens (tertiary/aromatic N) is 4.